The maximum atomic E-state index is 12.6. The van der Waals surface area contributed by atoms with Crippen molar-refractivity contribution in [2.45, 2.75) is 27.3 Å². The van der Waals surface area contributed by atoms with Gasteiger partial charge in [0.15, 0.2) is 5.13 Å². The molecule has 3 heterocycles. The fourth-order valence-corrected chi connectivity index (χ4v) is 4.71. The number of aryl methyl sites for hydroxylation is 2. The van der Waals surface area contributed by atoms with Crippen molar-refractivity contribution in [3.8, 4) is 0 Å². The van der Waals surface area contributed by atoms with Crippen LogP contribution in [-0.2, 0) is 11.3 Å². The van der Waals surface area contributed by atoms with Crippen molar-refractivity contribution >= 4 is 49.6 Å². The molecule has 1 amide bonds. The average molecular weight is 411 g/mol. The third-order valence-corrected chi connectivity index (χ3v) is 6.12. The van der Waals surface area contributed by atoms with E-state index in [2.05, 4.69) is 9.97 Å². The van der Waals surface area contributed by atoms with Gasteiger partial charge in [-0.15, -0.1) is 22.7 Å². The van der Waals surface area contributed by atoms with Crippen molar-refractivity contribution in [2.24, 2.45) is 0 Å². The first-order valence-electron chi connectivity index (χ1n) is 8.69. The van der Waals surface area contributed by atoms with Gasteiger partial charge in [-0.1, -0.05) is 17.7 Å². The van der Waals surface area contributed by atoms with E-state index in [4.69, 9.17) is 0 Å². The number of benzene rings is 1. The highest BCUT2D eigenvalue weighted by molar-refractivity contribution is 7.16. The van der Waals surface area contributed by atoms with Gasteiger partial charge in [-0.3, -0.25) is 19.1 Å². The number of rotatable bonds is 4. The van der Waals surface area contributed by atoms with E-state index in [-0.39, 0.29) is 11.5 Å². The first kappa shape index (κ1) is 18.5. The molecule has 6 nitrogen and oxygen atoms in total. The summed E-state index contributed by atoms with van der Waals surface area (Å²) in [7, 11) is 0. The molecule has 1 aromatic carbocycles. The van der Waals surface area contributed by atoms with Crippen LogP contribution < -0.4 is 10.5 Å². The largest absolute Gasteiger partial charge is 0.293 e. The summed E-state index contributed by atoms with van der Waals surface area (Å²) in [5.41, 5.74) is 3.60. The number of amides is 1. The van der Waals surface area contributed by atoms with Crippen molar-refractivity contribution < 1.29 is 4.79 Å². The van der Waals surface area contributed by atoms with Crippen LogP contribution >= 0.6 is 22.7 Å². The minimum atomic E-state index is -0.105. The molecule has 4 rings (SSSR count). The Morgan fingerprint density at radius 1 is 1.21 bits per heavy atom. The zero-order valence-electron chi connectivity index (χ0n) is 15.7. The van der Waals surface area contributed by atoms with Gasteiger partial charge in [-0.05, 0) is 36.9 Å². The SMILES string of the molecule is CC(=O)N(c1nc(Cn2cnc3sccc3c2=O)cs1)c1ccc(C)cc1C. The fourth-order valence-electron chi connectivity index (χ4n) is 3.12. The number of nitrogens with zero attached hydrogens (tertiary/aromatic N) is 4. The number of carbonyl (C=O) groups excluding carboxylic acids is 1. The second-order valence-electron chi connectivity index (χ2n) is 6.58. The Morgan fingerprint density at radius 2 is 2.04 bits per heavy atom. The van der Waals surface area contributed by atoms with E-state index in [1.165, 1.54) is 29.6 Å². The first-order valence-corrected chi connectivity index (χ1v) is 10.4. The molecule has 0 atom stereocenters. The molecule has 0 fully saturated rings. The summed E-state index contributed by atoms with van der Waals surface area (Å²) < 4.78 is 1.54. The standard InChI is InChI=1S/C20H18N4O2S2/c1-12-4-5-17(13(2)8-12)24(14(3)25)20-22-15(10-28-20)9-23-11-21-18-16(19(23)26)6-7-27-18/h4-8,10-11H,9H2,1-3H3. The quantitative estimate of drug-likeness (QED) is 0.504. The number of hydrogen-bond acceptors (Lipinski definition) is 6. The molecule has 0 spiro atoms. The Bertz CT molecular complexity index is 1240. The van der Waals surface area contributed by atoms with Gasteiger partial charge in [0.1, 0.15) is 4.83 Å². The third-order valence-electron chi connectivity index (χ3n) is 4.42. The van der Waals surface area contributed by atoms with Gasteiger partial charge >= 0.3 is 0 Å². The van der Waals surface area contributed by atoms with E-state index in [1.807, 2.05) is 42.8 Å². The van der Waals surface area contributed by atoms with Gasteiger partial charge in [-0.2, -0.15) is 0 Å². The van der Waals surface area contributed by atoms with Crippen LogP contribution in [-0.4, -0.2) is 20.4 Å². The smallest absolute Gasteiger partial charge is 0.262 e. The Labute approximate surface area is 169 Å². The molecule has 0 saturated carbocycles. The van der Waals surface area contributed by atoms with Gasteiger partial charge in [0.05, 0.1) is 29.6 Å². The molecule has 4 aromatic rings. The van der Waals surface area contributed by atoms with Crippen molar-refractivity contribution in [3.63, 3.8) is 0 Å². The highest BCUT2D eigenvalue weighted by atomic mass is 32.1. The summed E-state index contributed by atoms with van der Waals surface area (Å²) in [6.45, 7) is 5.84. The van der Waals surface area contributed by atoms with Crippen LogP contribution in [0.15, 0.2) is 46.1 Å². The van der Waals surface area contributed by atoms with Crippen LogP contribution in [0.4, 0.5) is 10.8 Å². The molecule has 0 bridgehead atoms. The van der Waals surface area contributed by atoms with E-state index in [0.29, 0.717) is 17.1 Å². The van der Waals surface area contributed by atoms with Gasteiger partial charge in [0, 0.05) is 12.3 Å². The van der Waals surface area contributed by atoms with Gasteiger partial charge in [0.2, 0.25) is 5.91 Å². The van der Waals surface area contributed by atoms with Crippen LogP contribution in [0.5, 0.6) is 0 Å². The molecule has 0 aliphatic rings. The fraction of sp³-hybridized carbons (Fsp3) is 0.200. The Kier molecular flexibility index (Phi) is 4.82. The second kappa shape index (κ2) is 7.29. The monoisotopic (exact) mass is 410 g/mol. The van der Waals surface area contributed by atoms with Crippen LogP contribution in [0, 0.1) is 13.8 Å². The number of carbonyl (C=O) groups is 1. The highest BCUT2D eigenvalue weighted by Gasteiger charge is 2.20. The Hall–Kier alpha value is -2.84. The van der Waals surface area contributed by atoms with Gasteiger partial charge in [-0.25, -0.2) is 9.97 Å². The molecule has 0 radical (unpaired) electrons. The van der Waals surface area contributed by atoms with E-state index < -0.39 is 0 Å². The van der Waals surface area contributed by atoms with E-state index in [0.717, 1.165) is 27.3 Å². The lowest BCUT2D eigenvalue weighted by Crippen LogP contribution is -2.24. The summed E-state index contributed by atoms with van der Waals surface area (Å²) in [5, 5.41) is 4.94. The second-order valence-corrected chi connectivity index (χ2v) is 8.31. The molecular formula is C20H18N4O2S2. The van der Waals surface area contributed by atoms with Crippen LogP contribution in [0.1, 0.15) is 23.7 Å². The van der Waals surface area contributed by atoms with E-state index >= 15 is 0 Å². The van der Waals surface area contributed by atoms with Crippen molar-refractivity contribution in [1.82, 2.24) is 14.5 Å². The zero-order valence-corrected chi connectivity index (χ0v) is 17.3. The van der Waals surface area contributed by atoms with Crippen LogP contribution in [0.2, 0.25) is 0 Å². The lowest BCUT2D eigenvalue weighted by molar-refractivity contribution is -0.115. The molecule has 3 aromatic heterocycles. The molecule has 0 saturated heterocycles. The molecule has 0 N–H and O–H groups in total. The molecule has 0 aliphatic heterocycles. The summed E-state index contributed by atoms with van der Waals surface area (Å²) in [6.07, 6.45) is 1.55. The molecule has 0 aliphatic carbocycles. The Balaban J connectivity index is 1.67. The predicted molar refractivity (Wildman–Crippen MR) is 114 cm³/mol. The third kappa shape index (κ3) is 3.36. The lowest BCUT2D eigenvalue weighted by atomic mass is 10.1. The predicted octanol–water partition coefficient (Wildman–Crippen LogP) is 4.26. The molecular weight excluding hydrogens is 392 g/mol. The summed E-state index contributed by atoms with van der Waals surface area (Å²) in [4.78, 5) is 36.2. The number of aromatic nitrogens is 3. The maximum absolute atomic E-state index is 12.6. The van der Waals surface area contributed by atoms with Gasteiger partial charge < -0.3 is 0 Å². The van der Waals surface area contributed by atoms with Crippen LogP contribution in [0.3, 0.4) is 0 Å². The number of fused-ring (bicyclic) bond motifs is 1. The minimum Gasteiger partial charge on any atom is -0.293 e. The Morgan fingerprint density at radius 3 is 2.79 bits per heavy atom. The normalized spacial score (nSPS) is 11.1. The number of hydrogen-bond donors (Lipinski definition) is 0. The maximum Gasteiger partial charge on any atom is 0.262 e. The summed E-state index contributed by atoms with van der Waals surface area (Å²) in [5.74, 6) is -0.105. The molecule has 8 heteroatoms. The summed E-state index contributed by atoms with van der Waals surface area (Å²) >= 11 is 2.83. The molecule has 0 unspecified atom stereocenters. The number of anilines is 2. The molecule has 28 heavy (non-hydrogen) atoms. The van der Waals surface area contributed by atoms with E-state index in [1.54, 1.807) is 21.9 Å². The average Bonchev–Trinajstić information content (AvgIpc) is 3.29. The lowest BCUT2D eigenvalue weighted by Gasteiger charge is -2.20. The number of thiophene rings is 1. The van der Waals surface area contributed by atoms with E-state index in [9.17, 15) is 9.59 Å². The minimum absolute atomic E-state index is 0.0846. The summed E-state index contributed by atoms with van der Waals surface area (Å²) in [6, 6.07) is 7.75. The van der Waals surface area contributed by atoms with Crippen molar-refractivity contribution in [3.05, 3.63) is 68.5 Å². The number of thiazole rings is 1. The van der Waals surface area contributed by atoms with Crippen molar-refractivity contribution in [2.75, 3.05) is 4.90 Å². The van der Waals surface area contributed by atoms with Crippen LogP contribution in [0.25, 0.3) is 10.2 Å². The first-order chi connectivity index (χ1) is 13.4. The van der Waals surface area contributed by atoms with Gasteiger partial charge in [0.25, 0.3) is 5.56 Å². The zero-order chi connectivity index (χ0) is 19.8. The topological polar surface area (TPSA) is 68.1 Å². The van der Waals surface area contributed by atoms with Crippen molar-refractivity contribution in [1.29, 1.82) is 0 Å². The highest BCUT2D eigenvalue weighted by Crippen LogP contribution is 2.31. The molecule has 142 valence electrons.